The number of benzene rings is 1. The van der Waals surface area contributed by atoms with Crippen molar-refractivity contribution in [1.82, 2.24) is 0 Å². The Labute approximate surface area is 123 Å². The molecule has 0 aliphatic heterocycles. The zero-order valence-electron chi connectivity index (χ0n) is 10.7. The van der Waals surface area contributed by atoms with E-state index in [1.807, 2.05) is 0 Å². The second-order valence-corrected chi connectivity index (χ2v) is 5.97. The van der Waals surface area contributed by atoms with E-state index in [1.165, 1.54) is 6.42 Å². The van der Waals surface area contributed by atoms with Gasteiger partial charge in [-0.1, -0.05) is 42.5 Å². The Morgan fingerprint density at radius 3 is 2.58 bits per heavy atom. The van der Waals surface area contributed by atoms with E-state index in [0.717, 1.165) is 25.7 Å². The summed E-state index contributed by atoms with van der Waals surface area (Å²) in [6, 6.07) is 5.03. The molecule has 1 aromatic rings. The number of hydrogen-bond acceptors (Lipinski definition) is 2. The smallest absolute Gasteiger partial charge is 0.231 e. The van der Waals surface area contributed by atoms with Gasteiger partial charge in [-0.15, -0.1) is 0 Å². The quantitative estimate of drug-likeness (QED) is 0.891. The fraction of sp³-hybridized carbons (Fsp3) is 0.500. The summed E-state index contributed by atoms with van der Waals surface area (Å²) in [4.78, 5) is 12.5. The van der Waals surface area contributed by atoms with Crippen LogP contribution in [0.25, 0.3) is 0 Å². The normalized spacial score (nSPS) is 18.1. The largest absolute Gasteiger partial charge is 0.329 e. The molecule has 1 amide bonds. The fourth-order valence-corrected chi connectivity index (χ4v) is 2.94. The first kappa shape index (κ1) is 14.6. The Hall–Kier alpha value is -0.770. The van der Waals surface area contributed by atoms with Gasteiger partial charge in [-0.3, -0.25) is 4.79 Å². The van der Waals surface area contributed by atoms with Crippen LogP contribution in [0, 0.1) is 5.41 Å². The molecule has 3 nitrogen and oxygen atoms in total. The highest BCUT2D eigenvalue weighted by Crippen LogP contribution is 2.37. The molecule has 0 bridgehead atoms. The molecule has 1 fully saturated rings. The van der Waals surface area contributed by atoms with Crippen molar-refractivity contribution in [3.05, 3.63) is 28.2 Å². The van der Waals surface area contributed by atoms with Crippen LogP contribution in [0.5, 0.6) is 0 Å². The van der Waals surface area contributed by atoms with Crippen molar-refractivity contribution in [2.24, 2.45) is 11.1 Å². The van der Waals surface area contributed by atoms with E-state index < -0.39 is 5.41 Å². The minimum atomic E-state index is -0.454. The number of carbonyl (C=O) groups is 1. The number of amides is 1. The van der Waals surface area contributed by atoms with Gasteiger partial charge in [0.1, 0.15) is 0 Å². The average molecular weight is 301 g/mol. The molecular weight excluding hydrogens is 283 g/mol. The summed E-state index contributed by atoms with van der Waals surface area (Å²) < 4.78 is 0. The zero-order chi connectivity index (χ0) is 13.9. The molecule has 0 aromatic heterocycles. The zero-order valence-corrected chi connectivity index (χ0v) is 12.2. The van der Waals surface area contributed by atoms with Crippen LogP contribution >= 0.6 is 23.2 Å². The summed E-state index contributed by atoms with van der Waals surface area (Å²) in [6.07, 6.45) is 4.95. The molecule has 0 saturated heterocycles. The lowest BCUT2D eigenvalue weighted by atomic mass is 9.73. The average Bonchev–Trinajstić information content (AvgIpc) is 2.43. The van der Waals surface area contributed by atoms with Crippen LogP contribution in [0.4, 0.5) is 5.69 Å². The van der Waals surface area contributed by atoms with Gasteiger partial charge in [0.15, 0.2) is 0 Å². The van der Waals surface area contributed by atoms with E-state index >= 15 is 0 Å². The minimum absolute atomic E-state index is 0.0427. The van der Waals surface area contributed by atoms with Crippen LogP contribution < -0.4 is 11.1 Å². The molecule has 5 heteroatoms. The van der Waals surface area contributed by atoms with Gasteiger partial charge in [0, 0.05) is 11.6 Å². The summed E-state index contributed by atoms with van der Waals surface area (Å²) in [7, 11) is 0. The molecule has 0 unspecified atom stereocenters. The van der Waals surface area contributed by atoms with Crippen molar-refractivity contribution < 1.29 is 4.79 Å². The molecule has 1 aliphatic rings. The lowest BCUT2D eigenvalue weighted by Gasteiger charge is -2.34. The van der Waals surface area contributed by atoms with Gasteiger partial charge in [0.05, 0.1) is 16.1 Å². The molecule has 0 heterocycles. The van der Waals surface area contributed by atoms with E-state index in [1.54, 1.807) is 18.2 Å². The van der Waals surface area contributed by atoms with Crippen LogP contribution in [-0.2, 0) is 4.79 Å². The highest BCUT2D eigenvalue weighted by molar-refractivity contribution is 6.35. The van der Waals surface area contributed by atoms with Gasteiger partial charge in [0.2, 0.25) is 5.91 Å². The van der Waals surface area contributed by atoms with E-state index in [2.05, 4.69) is 5.32 Å². The highest BCUT2D eigenvalue weighted by Gasteiger charge is 2.38. The SMILES string of the molecule is NCC1(C(=O)Nc2cc(Cl)ccc2Cl)CCCCC1. The van der Waals surface area contributed by atoms with Gasteiger partial charge >= 0.3 is 0 Å². The molecule has 3 N–H and O–H groups in total. The predicted octanol–water partition coefficient (Wildman–Crippen LogP) is 3.84. The number of anilines is 1. The Morgan fingerprint density at radius 2 is 1.95 bits per heavy atom. The Bertz CT molecular complexity index is 471. The maximum Gasteiger partial charge on any atom is 0.231 e. The first-order valence-electron chi connectivity index (χ1n) is 6.54. The third-order valence-electron chi connectivity index (χ3n) is 3.86. The number of rotatable bonds is 3. The fourth-order valence-electron chi connectivity index (χ4n) is 2.60. The van der Waals surface area contributed by atoms with Crippen molar-refractivity contribution >= 4 is 34.8 Å². The van der Waals surface area contributed by atoms with Crippen LogP contribution in [0.15, 0.2) is 18.2 Å². The third-order valence-corrected chi connectivity index (χ3v) is 4.42. The van der Waals surface area contributed by atoms with Crippen molar-refractivity contribution in [2.75, 3.05) is 11.9 Å². The van der Waals surface area contributed by atoms with Crippen molar-refractivity contribution in [2.45, 2.75) is 32.1 Å². The number of hydrogen-bond donors (Lipinski definition) is 2. The summed E-state index contributed by atoms with van der Waals surface area (Å²) in [5.74, 6) is -0.0427. The first-order chi connectivity index (χ1) is 9.07. The molecule has 1 aromatic carbocycles. The van der Waals surface area contributed by atoms with Crippen LogP contribution in [0.3, 0.4) is 0 Å². The second kappa shape index (κ2) is 6.12. The molecule has 1 aliphatic carbocycles. The molecule has 0 radical (unpaired) electrons. The van der Waals surface area contributed by atoms with E-state index in [-0.39, 0.29) is 5.91 Å². The summed E-state index contributed by atoms with van der Waals surface area (Å²) in [5, 5.41) is 3.91. The molecule has 0 spiro atoms. The maximum absolute atomic E-state index is 12.5. The van der Waals surface area contributed by atoms with Gasteiger partial charge in [-0.05, 0) is 31.0 Å². The number of nitrogens with two attached hydrogens (primary N) is 1. The molecule has 1 saturated carbocycles. The number of halogens is 2. The minimum Gasteiger partial charge on any atom is -0.329 e. The second-order valence-electron chi connectivity index (χ2n) is 5.12. The summed E-state index contributed by atoms with van der Waals surface area (Å²) in [5.41, 5.74) is 5.94. The van der Waals surface area contributed by atoms with Gasteiger partial charge < -0.3 is 11.1 Å². The summed E-state index contributed by atoms with van der Waals surface area (Å²) >= 11 is 12.0. The van der Waals surface area contributed by atoms with Crippen molar-refractivity contribution in [3.63, 3.8) is 0 Å². The van der Waals surface area contributed by atoms with Gasteiger partial charge in [-0.25, -0.2) is 0 Å². The maximum atomic E-state index is 12.5. The predicted molar refractivity (Wildman–Crippen MR) is 79.7 cm³/mol. The number of nitrogens with one attached hydrogen (secondary N) is 1. The monoisotopic (exact) mass is 300 g/mol. The Morgan fingerprint density at radius 1 is 1.26 bits per heavy atom. The lowest BCUT2D eigenvalue weighted by molar-refractivity contribution is -0.126. The molecule has 19 heavy (non-hydrogen) atoms. The van der Waals surface area contributed by atoms with E-state index in [4.69, 9.17) is 28.9 Å². The molecular formula is C14H18Cl2N2O. The van der Waals surface area contributed by atoms with Crippen LogP contribution in [-0.4, -0.2) is 12.5 Å². The van der Waals surface area contributed by atoms with Crippen LogP contribution in [0.2, 0.25) is 10.0 Å². The number of carbonyl (C=O) groups excluding carboxylic acids is 1. The highest BCUT2D eigenvalue weighted by atomic mass is 35.5. The van der Waals surface area contributed by atoms with Crippen molar-refractivity contribution in [3.8, 4) is 0 Å². The van der Waals surface area contributed by atoms with Crippen molar-refractivity contribution in [1.29, 1.82) is 0 Å². The Kier molecular flexibility index (Phi) is 4.71. The first-order valence-corrected chi connectivity index (χ1v) is 7.29. The van der Waals surface area contributed by atoms with Gasteiger partial charge in [0.25, 0.3) is 0 Å². The van der Waals surface area contributed by atoms with Gasteiger partial charge in [-0.2, -0.15) is 0 Å². The molecule has 0 atom stereocenters. The van der Waals surface area contributed by atoms with E-state index in [9.17, 15) is 4.79 Å². The lowest BCUT2D eigenvalue weighted by Crippen LogP contribution is -2.43. The van der Waals surface area contributed by atoms with Crippen LogP contribution in [0.1, 0.15) is 32.1 Å². The van der Waals surface area contributed by atoms with E-state index in [0.29, 0.717) is 22.3 Å². The standard InChI is InChI=1S/C14H18Cl2N2O/c15-10-4-5-11(16)12(8-10)18-13(19)14(9-17)6-2-1-3-7-14/h4-5,8H,1-3,6-7,9,17H2,(H,18,19). The molecule has 2 rings (SSSR count). The Balaban J connectivity index is 2.17. The molecule has 104 valence electrons. The topological polar surface area (TPSA) is 55.1 Å². The third kappa shape index (κ3) is 3.22. The summed E-state index contributed by atoms with van der Waals surface area (Å²) in [6.45, 7) is 0.372.